The van der Waals surface area contributed by atoms with Crippen molar-refractivity contribution in [2.24, 2.45) is 5.10 Å². The molecule has 3 rings (SSSR count). The predicted molar refractivity (Wildman–Crippen MR) is 88.9 cm³/mol. The number of benzene rings is 2. The standard InChI is InChI=1S/C18H19N3O/c1-20(2)18(22)16-13-17(14-9-5-3-6-10-14)21(19-16)15-11-7-4-8-12-15/h3-12,17H,13H2,1-2H3/t17-/m0/s1. The quantitative estimate of drug-likeness (QED) is 0.872. The molecule has 0 saturated carbocycles. The maximum Gasteiger partial charge on any atom is 0.269 e. The smallest absolute Gasteiger partial charge is 0.269 e. The Bertz CT molecular complexity index is 680. The molecular weight excluding hydrogens is 274 g/mol. The van der Waals surface area contributed by atoms with E-state index < -0.39 is 0 Å². The number of hydrazone groups is 1. The maximum atomic E-state index is 12.3. The van der Waals surface area contributed by atoms with Crippen molar-refractivity contribution in [1.29, 1.82) is 0 Å². The molecule has 0 aromatic heterocycles. The molecule has 0 saturated heterocycles. The van der Waals surface area contributed by atoms with Crippen LogP contribution in [0.4, 0.5) is 5.69 Å². The third-order valence-electron chi connectivity index (χ3n) is 3.77. The Balaban J connectivity index is 1.98. The van der Waals surface area contributed by atoms with Crippen LogP contribution < -0.4 is 5.01 Å². The van der Waals surface area contributed by atoms with E-state index in [0.29, 0.717) is 12.1 Å². The number of hydrogen-bond donors (Lipinski definition) is 0. The Morgan fingerprint density at radius 1 is 1.05 bits per heavy atom. The highest BCUT2D eigenvalue weighted by Crippen LogP contribution is 2.35. The monoisotopic (exact) mass is 293 g/mol. The second-order valence-corrected chi connectivity index (χ2v) is 5.56. The summed E-state index contributed by atoms with van der Waals surface area (Å²) in [4.78, 5) is 13.8. The molecule has 0 N–H and O–H groups in total. The van der Waals surface area contributed by atoms with Crippen molar-refractivity contribution in [3.63, 3.8) is 0 Å². The summed E-state index contributed by atoms with van der Waals surface area (Å²) in [6.07, 6.45) is 0.621. The highest BCUT2D eigenvalue weighted by molar-refractivity contribution is 6.39. The minimum atomic E-state index is -0.0284. The molecule has 4 heteroatoms. The number of rotatable bonds is 3. The molecule has 0 spiro atoms. The van der Waals surface area contributed by atoms with E-state index in [0.717, 1.165) is 11.3 Å². The van der Waals surface area contributed by atoms with E-state index in [9.17, 15) is 4.79 Å². The van der Waals surface area contributed by atoms with Gasteiger partial charge in [-0.15, -0.1) is 0 Å². The van der Waals surface area contributed by atoms with E-state index in [2.05, 4.69) is 17.2 Å². The summed E-state index contributed by atoms with van der Waals surface area (Å²) in [6.45, 7) is 0. The molecule has 1 atom stereocenters. The molecule has 0 aliphatic carbocycles. The van der Waals surface area contributed by atoms with Crippen LogP contribution in [0, 0.1) is 0 Å². The molecule has 4 nitrogen and oxygen atoms in total. The van der Waals surface area contributed by atoms with E-state index in [-0.39, 0.29) is 11.9 Å². The number of nitrogens with zero attached hydrogens (tertiary/aromatic N) is 3. The van der Waals surface area contributed by atoms with E-state index in [1.54, 1.807) is 19.0 Å². The highest BCUT2D eigenvalue weighted by Gasteiger charge is 2.32. The zero-order chi connectivity index (χ0) is 15.5. The molecule has 0 bridgehead atoms. The topological polar surface area (TPSA) is 35.9 Å². The third-order valence-corrected chi connectivity index (χ3v) is 3.77. The van der Waals surface area contributed by atoms with Crippen molar-refractivity contribution in [2.75, 3.05) is 19.1 Å². The van der Waals surface area contributed by atoms with Crippen LogP contribution in [0.2, 0.25) is 0 Å². The van der Waals surface area contributed by atoms with Gasteiger partial charge in [0.05, 0.1) is 11.7 Å². The van der Waals surface area contributed by atoms with Crippen molar-refractivity contribution < 1.29 is 4.79 Å². The maximum absolute atomic E-state index is 12.3. The molecule has 112 valence electrons. The number of carbonyl (C=O) groups is 1. The van der Waals surface area contributed by atoms with Gasteiger partial charge in [0.2, 0.25) is 0 Å². The summed E-state index contributed by atoms with van der Waals surface area (Å²) in [7, 11) is 3.51. The molecule has 1 aliphatic heterocycles. The zero-order valence-corrected chi connectivity index (χ0v) is 12.8. The molecule has 0 unspecified atom stereocenters. The van der Waals surface area contributed by atoms with Crippen LogP contribution in [0.5, 0.6) is 0 Å². The Labute approximate surface area is 130 Å². The molecule has 2 aromatic carbocycles. The molecule has 0 radical (unpaired) electrons. The fraction of sp³-hybridized carbons (Fsp3) is 0.222. The average molecular weight is 293 g/mol. The number of carbonyl (C=O) groups excluding carboxylic acids is 1. The van der Waals surface area contributed by atoms with E-state index in [1.165, 1.54) is 0 Å². The fourth-order valence-electron chi connectivity index (χ4n) is 2.65. The van der Waals surface area contributed by atoms with Crippen LogP contribution in [0.1, 0.15) is 18.0 Å². The number of amides is 1. The molecule has 0 fully saturated rings. The van der Waals surface area contributed by atoms with Gasteiger partial charge in [0.25, 0.3) is 5.91 Å². The van der Waals surface area contributed by atoms with Crippen LogP contribution in [-0.4, -0.2) is 30.6 Å². The Morgan fingerprint density at radius 2 is 1.64 bits per heavy atom. The summed E-state index contributed by atoms with van der Waals surface area (Å²) in [5.41, 5.74) is 2.76. The van der Waals surface area contributed by atoms with Crippen molar-refractivity contribution >= 4 is 17.3 Å². The minimum absolute atomic E-state index is 0.0284. The summed E-state index contributed by atoms with van der Waals surface area (Å²) < 4.78 is 0. The first-order valence-corrected chi connectivity index (χ1v) is 7.35. The van der Waals surface area contributed by atoms with Crippen molar-refractivity contribution in [3.8, 4) is 0 Å². The highest BCUT2D eigenvalue weighted by atomic mass is 16.2. The predicted octanol–water partition coefficient (Wildman–Crippen LogP) is 3.08. The largest absolute Gasteiger partial charge is 0.344 e. The van der Waals surface area contributed by atoms with Crippen LogP contribution in [0.3, 0.4) is 0 Å². The summed E-state index contributed by atoms with van der Waals surface area (Å²) in [5.74, 6) is -0.0284. The van der Waals surface area contributed by atoms with Gasteiger partial charge in [-0.25, -0.2) is 0 Å². The van der Waals surface area contributed by atoms with Gasteiger partial charge in [-0.2, -0.15) is 5.10 Å². The van der Waals surface area contributed by atoms with E-state index >= 15 is 0 Å². The lowest BCUT2D eigenvalue weighted by Gasteiger charge is -2.23. The van der Waals surface area contributed by atoms with Gasteiger partial charge in [0, 0.05) is 20.5 Å². The summed E-state index contributed by atoms with van der Waals surface area (Å²) >= 11 is 0. The van der Waals surface area contributed by atoms with Crippen molar-refractivity contribution in [3.05, 3.63) is 66.2 Å². The Hall–Kier alpha value is -2.62. The van der Waals surface area contributed by atoms with Crippen molar-refractivity contribution in [1.82, 2.24) is 4.90 Å². The van der Waals surface area contributed by atoms with Gasteiger partial charge in [-0.3, -0.25) is 9.80 Å². The molecule has 1 amide bonds. The second kappa shape index (κ2) is 6.02. The number of hydrogen-bond acceptors (Lipinski definition) is 3. The first-order valence-electron chi connectivity index (χ1n) is 7.35. The fourth-order valence-corrected chi connectivity index (χ4v) is 2.65. The second-order valence-electron chi connectivity index (χ2n) is 5.56. The van der Waals surface area contributed by atoms with Crippen molar-refractivity contribution in [2.45, 2.75) is 12.5 Å². The molecule has 2 aromatic rings. The Kier molecular flexibility index (Phi) is 3.92. The third kappa shape index (κ3) is 2.72. The van der Waals surface area contributed by atoms with Crippen LogP contribution in [0.15, 0.2) is 65.8 Å². The average Bonchev–Trinajstić information content (AvgIpc) is 3.01. The molecule has 1 aliphatic rings. The van der Waals surface area contributed by atoms with Gasteiger partial charge in [-0.1, -0.05) is 48.5 Å². The molecule has 1 heterocycles. The van der Waals surface area contributed by atoms with Gasteiger partial charge < -0.3 is 4.90 Å². The van der Waals surface area contributed by atoms with E-state index in [4.69, 9.17) is 0 Å². The number of para-hydroxylation sites is 1. The lowest BCUT2D eigenvalue weighted by atomic mass is 10.0. The van der Waals surface area contributed by atoms with Gasteiger partial charge in [-0.05, 0) is 17.7 Å². The van der Waals surface area contributed by atoms with Gasteiger partial charge in [0.1, 0.15) is 5.71 Å². The lowest BCUT2D eigenvalue weighted by molar-refractivity contribution is -0.121. The van der Waals surface area contributed by atoms with Gasteiger partial charge in [0.15, 0.2) is 0 Å². The lowest BCUT2D eigenvalue weighted by Crippen LogP contribution is -2.29. The zero-order valence-electron chi connectivity index (χ0n) is 12.8. The molecular formula is C18H19N3O. The normalized spacial score (nSPS) is 17.3. The minimum Gasteiger partial charge on any atom is -0.344 e. The first kappa shape index (κ1) is 14.3. The first-order chi connectivity index (χ1) is 10.7. The van der Waals surface area contributed by atoms with Gasteiger partial charge >= 0.3 is 0 Å². The van der Waals surface area contributed by atoms with Crippen LogP contribution in [-0.2, 0) is 4.79 Å². The Morgan fingerprint density at radius 3 is 2.23 bits per heavy atom. The SMILES string of the molecule is CN(C)C(=O)C1=NN(c2ccccc2)[C@H](c2ccccc2)C1. The summed E-state index contributed by atoms with van der Waals surface area (Å²) in [6, 6.07) is 20.2. The van der Waals surface area contributed by atoms with E-state index in [1.807, 2.05) is 53.5 Å². The van der Waals surface area contributed by atoms with Crippen LogP contribution in [0.25, 0.3) is 0 Å². The molecule has 22 heavy (non-hydrogen) atoms. The summed E-state index contributed by atoms with van der Waals surface area (Å²) in [5, 5.41) is 6.55. The van der Waals surface area contributed by atoms with Crippen LogP contribution >= 0.6 is 0 Å². The number of anilines is 1.